The molecule has 0 aliphatic carbocycles. The minimum Gasteiger partial charge on any atom is -0.480 e. The second-order valence-corrected chi connectivity index (χ2v) is 8.92. The van der Waals surface area contributed by atoms with E-state index in [1.807, 2.05) is 13.8 Å². The van der Waals surface area contributed by atoms with Crippen LogP contribution in [0, 0.1) is 5.41 Å². The zero-order valence-electron chi connectivity index (χ0n) is 20.6. The van der Waals surface area contributed by atoms with E-state index >= 15 is 0 Å². The predicted molar refractivity (Wildman–Crippen MR) is 129 cm³/mol. The van der Waals surface area contributed by atoms with E-state index < -0.39 is 17.9 Å². The van der Waals surface area contributed by atoms with Crippen molar-refractivity contribution in [2.75, 3.05) is 78.2 Å². The molecule has 3 amide bonds. The monoisotopic (exact) mass is 521 g/mol. The van der Waals surface area contributed by atoms with Gasteiger partial charge in [-0.05, 0) is 13.8 Å². The molecule has 35 heavy (non-hydrogen) atoms. The Balaban J connectivity index is 1.80. The molecular formula is C22H39N3O9S. The van der Waals surface area contributed by atoms with Crippen LogP contribution >= 0.6 is 12.6 Å². The van der Waals surface area contributed by atoms with Crippen LogP contribution in [0.4, 0.5) is 0 Å². The highest BCUT2D eigenvalue weighted by molar-refractivity contribution is 7.80. The Kier molecular flexibility index (Phi) is 15.5. The van der Waals surface area contributed by atoms with E-state index in [-0.39, 0.29) is 42.4 Å². The van der Waals surface area contributed by atoms with Crippen molar-refractivity contribution in [1.29, 1.82) is 0 Å². The number of thiol groups is 1. The largest absolute Gasteiger partial charge is 0.480 e. The van der Waals surface area contributed by atoms with Crippen molar-refractivity contribution in [2.45, 2.75) is 32.7 Å². The number of carbonyl (C=O) groups excluding carboxylic acids is 3. The van der Waals surface area contributed by atoms with Crippen molar-refractivity contribution in [3.05, 3.63) is 0 Å². The molecule has 0 aromatic heterocycles. The van der Waals surface area contributed by atoms with Crippen molar-refractivity contribution < 1.29 is 43.2 Å². The molecule has 0 aromatic carbocycles. The van der Waals surface area contributed by atoms with Crippen LogP contribution < -0.4 is 10.6 Å². The summed E-state index contributed by atoms with van der Waals surface area (Å²) in [5, 5.41) is 13.9. The molecule has 1 atom stereocenters. The Morgan fingerprint density at radius 2 is 1.49 bits per heavy atom. The van der Waals surface area contributed by atoms with E-state index in [9.17, 15) is 19.2 Å². The lowest BCUT2D eigenvalue weighted by molar-refractivity contribution is -0.156. The summed E-state index contributed by atoms with van der Waals surface area (Å²) < 4.78 is 21.4. The molecule has 0 radical (unpaired) electrons. The number of likely N-dealkylation sites (tertiary alicyclic amines) is 1. The first kappa shape index (κ1) is 31.1. The van der Waals surface area contributed by atoms with Gasteiger partial charge in [-0.25, -0.2) is 4.79 Å². The second kappa shape index (κ2) is 17.5. The summed E-state index contributed by atoms with van der Waals surface area (Å²) in [6.07, 6.45) is 0.345. The SMILES string of the molecule is CC1(C)CN(CCC(=O)NCCOCCOCCOCCOCCC(=O)NC(CS)C(=O)O)C1=O. The van der Waals surface area contributed by atoms with Crippen LogP contribution in [0.25, 0.3) is 0 Å². The van der Waals surface area contributed by atoms with E-state index in [1.54, 1.807) is 4.90 Å². The Morgan fingerprint density at radius 3 is 1.97 bits per heavy atom. The van der Waals surface area contributed by atoms with E-state index in [2.05, 4.69) is 23.3 Å². The molecule has 0 spiro atoms. The van der Waals surface area contributed by atoms with Crippen LogP contribution in [0.3, 0.4) is 0 Å². The predicted octanol–water partition coefficient (Wildman–Crippen LogP) is -0.683. The Labute approximate surface area is 211 Å². The summed E-state index contributed by atoms with van der Waals surface area (Å²) in [5.41, 5.74) is -0.295. The molecule has 1 aliphatic rings. The van der Waals surface area contributed by atoms with Crippen molar-refractivity contribution >= 4 is 36.3 Å². The minimum absolute atomic E-state index is 0.0188. The van der Waals surface area contributed by atoms with Crippen LogP contribution in [0.1, 0.15) is 26.7 Å². The number of ether oxygens (including phenoxy) is 4. The summed E-state index contributed by atoms with van der Waals surface area (Å²) in [7, 11) is 0. The Morgan fingerprint density at radius 1 is 0.943 bits per heavy atom. The van der Waals surface area contributed by atoms with Crippen LogP contribution in [0.5, 0.6) is 0 Å². The van der Waals surface area contributed by atoms with Crippen LogP contribution in [0.15, 0.2) is 0 Å². The van der Waals surface area contributed by atoms with Crippen LogP contribution in [-0.2, 0) is 38.1 Å². The average molecular weight is 522 g/mol. The zero-order valence-corrected chi connectivity index (χ0v) is 21.5. The summed E-state index contributed by atoms with van der Waals surface area (Å²) in [6, 6.07) is -1.01. The standard InChI is InChI=1S/C22H39N3O9S/c1-22(2)16-25(21(22)30)6-3-18(26)23-5-8-32-10-12-34-14-13-33-11-9-31-7-4-19(27)24-17(15-35)20(28)29/h17,35H,3-16H2,1-2H3,(H,23,26)(H,24,27)(H,28,29). The maximum atomic E-state index is 11.8. The number of aliphatic carboxylic acids is 1. The van der Waals surface area contributed by atoms with Gasteiger partial charge in [0, 0.05) is 38.2 Å². The number of nitrogens with one attached hydrogen (secondary N) is 2. The lowest BCUT2D eigenvalue weighted by Crippen LogP contribution is -2.58. The molecule has 1 unspecified atom stereocenters. The minimum atomic E-state index is -1.13. The van der Waals surface area contributed by atoms with Crippen LogP contribution in [0.2, 0.25) is 0 Å². The molecule has 0 bridgehead atoms. The Bertz CT molecular complexity index is 679. The third-order valence-corrected chi connectivity index (χ3v) is 5.40. The van der Waals surface area contributed by atoms with E-state index in [4.69, 9.17) is 24.1 Å². The summed E-state index contributed by atoms with van der Waals surface area (Å²) in [5.74, 6) is -1.53. The number of carbonyl (C=O) groups is 4. The maximum Gasteiger partial charge on any atom is 0.327 e. The van der Waals surface area contributed by atoms with Gasteiger partial charge >= 0.3 is 5.97 Å². The number of β-lactam (4-membered cyclic amide) rings is 1. The maximum absolute atomic E-state index is 11.8. The first-order valence-corrected chi connectivity index (χ1v) is 12.3. The third-order valence-electron chi connectivity index (χ3n) is 5.04. The molecule has 1 saturated heterocycles. The number of amides is 3. The molecule has 3 N–H and O–H groups in total. The molecule has 13 heteroatoms. The Hall–Kier alpha value is -1.93. The zero-order chi connectivity index (χ0) is 26.1. The van der Waals surface area contributed by atoms with Crippen molar-refractivity contribution in [1.82, 2.24) is 15.5 Å². The van der Waals surface area contributed by atoms with Crippen molar-refractivity contribution in [3.8, 4) is 0 Å². The molecule has 12 nitrogen and oxygen atoms in total. The van der Waals surface area contributed by atoms with Gasteiger partial charge in [0.25, 0.3) is 0 Å². The van der Waals surface area contributed by atoms with Gasteiger partial charge in [0.2, 0.25) is 17.7 Å². The highest BCUT2D eigenvalue weighted by Crippen LogP contribution is 2.30. The van der Waals surface area contributed by atoms with Gasteiger partial charge in [-0.3, -0.25) is 14.4 Å². The summed E-state index contributed by atoms with van der Waals surface area (Å²) in [6.45, 7) is 8.12. The fourth-order valence-corrected chi connectivity index (χ4v) is 3.35. The quantitative estimate of drug-likeness (QED) is 0.0874. The topological polar surface area (TPSA) is 153 Å². The van der Waals surface area contributed by atoms with Gasteiger partial charge in [-0.15, -0.1) is 0 Å². The molecule has 0 saturated carbocycles. The molecule has 202 valence electrons. The number of carboxylic acids is 1. The van der Waals surface area contributed by atoms with Gasteiger partial charge in [-0.1, -0.05) is 0 Å². The number of carboxylic acid groups (broad SMARTS) is 1. The van der Waals surface area contributed by atoms with E-state index in [0.29, 0.717) is 65.9 Å². The average Bonchev–Trinajstić information content (AvgIpc) is 2.82. The van der Waals surface area contributed by atoms with Crippen LogP contribution in [-0.4, -0.2) is 118 Å². The lowest BCUT2D eigenvalue weighted by Gasteiger charge is -2.44. The van der Waals surface area contributed by atoms with Gasteiger partial charge in [0.05, 0.1) is 58.3 Å². The number of hydrogen-bond donors (Lipinski definition) is 4. The fraction of sp³-hybridized carbons (Fsp3) is 0.818. The molecule has 1 fully saturated rings. The molecule has 1 aliphatic heterocycles. The van der Waals surface area contributed by atoms with Crippen molar-refractivity contribution in [2.24, 2.45) is 5.41 Å². The first-order valence-electron chi connectivity index (χ1n) is 11.7. The highest BCUT2D eigenvalue weighted by Gasteiger charge is 2.43. The van der Waals surface area contributed by atoms with E-state index in [0.717, 1.165) is 0 Å². The van der Waals surface area contributed by atoms with Gasteiger partial charge < -0.3 is 39.6 Å². The van der Waals surface area contributed by atoms with Gasteiger partial charge in [0.1, 0.15) is 6.04 Å². The number of nitrogens with zero attached hydrogens (tertiary/aromatic N) is 1. The fourth-order valence-electron chi connectivity index (χ4n) is 3.10. The summed E-state index contributed by atoms with van der Waals surface area (Å²) in [4.78, 5) is 47.6. The molecular weight excluding hydrogens is 482 g/mol. The van der Waals surface area contributed by atoms with Crippen molar-refractivity contribution in [3.63, 3.8) is 0 Å². The van der Waals surface area contributed by atoms with E-state index in [1.165, 1.54) is 0 Å². The number of hydrogen-bond acceptors (Lipinski definition) is 9. The number of rotatable bonds is 21. The van der Waals surface area contributed by atoms with Gasteiger partial charge in [0.15, 0.2) is 0 Å². The molecule has 1 heterocycles. The highest BCUT2D eigenvalue weighted by atomic mass is 32.1. The lowest BCUT2D eigenvalue weighted by atomic mass is 9.83. The summed E-state index contributed by atoms with van der Waals surface area (Å²) >= 11 is 3.87. The smallest absolute Gasteiger partial charge is 0.327 e. The third kappa shape index (κ3) is 13.7. The second-order valence-electron chi connectivity index (χ2n) is 8.55. The first-order chi connectivity index (χ1) is 16.7. The normalized spacial score (nSPS) is 15.4. The molecule has 1 rings (SSSR count). The van der Waals surface area contributed by atoms with Gasteiger partial charge in [-0.2, -0.15) is 12.6 Å². The molecule has 0 aromatic rings.